The first-order valence-electron chi connectivity index (χ1n) is 7.03. The first kappa shape index (κ1) is 14.6. The second-order valence-electron chi connectivity index (χ2n) is 5.72. The molecule has 0 atom stereocenters. The Morgan fingerprint density at radius 2 is 2.00 bits per heavy atom. The number of rotatable bonds is 5. The minimum atomic E-state index is -1.00. The molecule has 1 aromatic carbocycles. The number of hydrogen-bond acceptors (Lipinski definition) is 2. The SMILES string of the molecule is Cc1ccc(CCC(=O)NC2(C(=O)O)CCC2)c(C)c1. The molecule has 4 heteroatoms. The average molecular weight is 275 g/mol. The highest BCUT2D eigenvalue weighted by Crippen LogP contribution is 2.32. The minimum absolute atomic E-state index is 0.174. The van der Waals surface area contributed by atoms with Crippen molar-refractivity contribution in [1.82, 2.24) is 5.32 Å². The fourth-order valence-corrected chi connectivity index (χ4v) is 2.63. The van der Waals surface area contributed by atoms with Crippen LogP contribution < -0.4 is 5.32 Å². The van der Waals surface area contributed by atoms with E-state index in [1.807, 2.05) is 26.0 Å². The van der Waals surface area contributed by atoms with Crippen molar-refractivity contribution in [2.75, 3.05) is 0 Å². The fraction of sp³-hybridized carbons (Fsp3) is 0.500. The molecule has 1 aliphatic rings. The Morgan fingerprint density at radius 3 is 2.50 bits per heavy atom. The minimum Gasteiger partial charge on any atom is -0.480 e. The Balaban J connectivity index is 1.91. The zero-order valence-corrected chi connectivity index (χ0v) is 12.0. The quantitative estimate of drug-likeness (QED) is 0.867. The van der Waals surface area contributed by atoms with Crippen LogP contribution in [0, 0.1) is 13.8 Å². The van der Waals surface area contributed by atoms with Crippen LogP contribution in [0.1, 0.15) is 42.4 Å². The van der Waals surface area contributed by atoms with Gasteiger partial charge >= 0.3 is 5.97 Å². The molecule has 0 spiro atoms. The number of carbonyl (C=O) groups is 2. The van der Waals surface area contributed by atoms with E-state index < -0.39 is 11.5 Å². The molecule has 0 aliphatic heterocycles. The molecule has 0 bridgehead atoms. The second kappa shape index (κ2) is 5.65. The first-order chi connectivity index (χ1) is 9.43. The van der Waals surface area contributed by atoms with E-state index in [1.165, 1.54) is 11.1 Å². The number of amides is 1. The van der Waals surface area contributed by atoms with Gasteiger partial charge in [-0.05, 0) is 50.7 Å². The number of carbonyl (C=O) groups excluding carboxylic acids is 1. The Hall–Kier alpha value is -1.84. The van der Waals surface area contributed by atoms with Gasteiger partial charge in [-0.1, -0.05) is 23.8 Å². The monoisotopic (exact) mass is 275 g/mol. The fourth-order valence-electron chi connectivity index (χ4n) is 2.63. The normalized spacial score (nSPS) is 16.3. The zero-order valence-electron chi connectivity index (χ0n) is 12.0. The molecule has 0 aromatic heterocycles. The lowest BCUT2D eigenvalue weighted by Crippen LogP contribution is -2.59. The molecule has 0 heterocycles. The smallest absolute Gasteiger partial charge is 0.329 e. The summed E-state index contributed by atoms with van der Waals surface area (Å²) >= 11 is 0. The van der Waals surface area contributed by atoms with Gasteiger partial charge in [0.25, 0.3) is 0 Å². The molecule has 4 nitrogen and oxygen atoms in total. The molecule has 0 unspecified atom stereocenters. The molecule has 1 aliphatic carbocycles. The van der Waals surface area contributed by atoms with E-state index in [1.54, 1.807) is 0 Å². The van der Waals surface area contributed by atoms with Crippen molar-refractivity contribution < 1.29 is 14.7 Å². The predicted molar refractivity (Wildman–Crippen MR) is 76.6 cm³/mol. The molecule has 1 fully saturated rings. The van der Waals surface area contributed by atoms with E-state index in [-0.39, 0.29) is 5.91 Å². The zero-order chi connectivity index (χ0) is 14.8. The number of benzene rings is 1. The van der Waals surface area contributed by atoms with E-state index in [4.69, 9.17) is 0 Å². The number of nitrogens with one attached hydrogen (secondary N) is 1. The van der Waals surface area contributed by atoms with Gasteiger partial charge in [-0.15, -0.1) is 0 Å². The molecule has 1 aromatic rings. The summed E-state index contributed by atoms with van der Waals surface area (Å²) in [4.78, 5) is 23.1. The third-order valence-electron chi connectivity index (χ3n) is 4.11. The van der Waals surface area contributed by atoms with Gasteiger partial charge in [-0.2, -0.15) is 0 Å². The Kier molecular flexibility index (Phi) is 4.12. The van der Waals surface area contributed by atoms with Crippen molar-refractivity contribution in [2.24, 2.45) is 0 Å². The number of aryl methyl sites for hydroxylation is 3. The molecule has 1 amide bonds. The van der Waals surface area contributed by atoms with E-state index >= 15 is 0 Å². The van der Waals surface area contributed by atoms with Crippen LogP contribution in [0.2, 0.25) is 0 Å². The lowest BCUT2D eigenvalue weighted by atomic mass is 9.76. The van der Waals surface area contributed by atoms with Crippen molar-refractivity contribution in [3.8, 4) is 0 Å². The lowest BCUT2D eigenvalue weighted by Gasteiger charge is -2.38. The van der Waals surface area contributed by atoms with E-state index in [0.717, 1.165) is 12.0 Å². The van der Waals surface area contributed by atoms with Crippen molar-refractivity contribution >= 4 is 11.9 Å². The summed E-state index contributed by atoms with van der Waals surface area (Å²) < 4.78 is 0. The Bertz CT molecular complexity index is 533. The summed E-state index contributed by atoms with van der Waals surface area (Å²) in [6.07, 6.45) is 2.92. The summed E-state index contributed by atoms with van der Waals surface area (Å²) in [5.41, 5.74) is 2.52. The maximum atomic E-state index is 11.9. The summed E-state index contributed by atoms with van der Waals surface area (Å²) in [6, 6.07) is 6.16. The molecule has 108 valence electrons. The number of aliphatic carboxylic acids is 1. The van der Waals surface area contributed by atoms with E-state index in [9.17, 15) is 14.7 Å². The van der Waals surface area contributed by atoms with Crippen molar-refractivity contribution in [3.05, 3.63) is 34.9 Å². The largest absolute Gasteiger partial charge is 0.480 e. The van der Waals surface area contributed by atoms with E-state index in [2.05, 4.69) is 11.4 Å². The summed E-state index contributed by atoms with van der Waals surface area (Å²) in [5, 5.41) is 11.9. The topological polar surface area (TPSA) is 66.4 Å². The molecule has 0 saturated heterocycles. The van der Waals surface area contributed by atoms with Gasteiger partial charge in [-0.3, -0.25) is 4.79 Å². The summed E-state index contributed by atoms with van der Waals surface area (Å²) in [6.45, 7) is 4.07. The van der Waals surface area contributed by atoms with Crippen molar-refractivity contribution in [1.29, 1.82) is 0 Å². The van der Waals surface area contributed by atoms with E-state index in [0.29, 0.717) is 25.7 Å². The molecule has 1 saturated carbocycles. The van der Waals surface area contributed by atoms with Gasteiger partial charge in [0, 0.05) is 6.42 Å². The van der Waals surface area contributed by atoms with Crippen molar-refractivity contribution in [2.45, 2.75) is 51.5 Å². The number of carboxylic acid groups (broad SMARTS) is 1. The second-order valence-corrected chi connectivity index (χ2v) is 5.72. The molecule has 20 heavy (non-hydrogen) atoms. The van der Waals surface area contributed by atoms with Gasteiger partial charge < -0.3 is 10.4 Å². The predicted octanol–water partition coefficient (Wildman–Crippen LogP) is 2.36. The highest BCUT2D eigenvalue weighted by Gasteiger charge is 2.45. The van der Waals surface area contributed by atoms with Crippen LogP contribution in [-0.4, -0.2) is 22.5 Å². The van der Waals surface area contributed by atoms with Gasteiger partial charge in [0.15, 0.2) is 0 Å². The molecule has 2 N–H and O–H groups in total. The number of hydrogen-bond donors (Lipinski definition) is 2. The highest BCUT2D eigenvalue weighted by atomic mass is 16.4. The van der Waals surface area contributed by atoms with Crippen LogP contribution in [0.5, 0.6) is 0 Å². The molecular weight excluding hydrogens is 254 g/mol. The average Bonchev–Trinajstić information content (AvgIpc) is 2.32. The number of carboxylic acids is 1. The molecule has 2 rings (SSSR count). The standard InChI is InChI=1S/C16H21NO3/c1-11-4-5-13(12(2)10-11)6-7-14(18)17-16(15(19)20)8-3-9-16/h4-5,10H,3,6-9H2,1-2H3,(H,17,18)(H,19,20). The Labute approximate surface area is 119 Å². The van der Waals surface area contributed by atoms with Crippen LogP contribution in [0.4, 0.5) is 0 Å². The molecular formula is C16H21NO3. The van der Waals surface area contributed by atoms with Gasteiger partial charge in [0.05, 0.1) is 0 Å². The third kappa shape index (κ3) is 3.00. The van der Waals surface area contributed by atoms with Gasteiger partial charge in [0.2, 0.25) is 5.91 Å². The van der Waals surface area contributed by atoms with Gasteiger partial charge in [-0.25, -0.2) is 4.79 Å². The Morgan fingerprint density at radius 1 is 1.30 bits per heavy atom. The lowest BCUT2D eigenvalue weighted by molar-refractivity contribution is -0.151. The summed E-state index contributed by atoms with van der Waals surface area (Å²) in [7, 11) is 0. The van der Waals surface area contributed by atoms with Crippen LogP contribution in [0.15, 0.2) is 18.2 Å². The summed E-state index contributed by atoms with van der Waals surface area (Å²) in [5.74, 6) is -1.09. The van der Waals surface area contributed by atoms with Crippen LogP contribution in [0.25, 0.3) is 0 Å². The van der Waals surface area contributed by atoms with Crippen LogP contribution >= 0.6 is 0 Å². The maximum Gasteiger partial charge on any atom is 0.329 e. The first-order valence-corrected chi connectivity index (χ1v) is 7.03. The molecule has 0 radical (unpaired) electrons. The van der Waals surface area contributed by atoms with Crippen LogP contribution in [-0.2, 0) is 16.0 Å². The van der Waals surface area contributed by atoms with Gasteiger partial charge in [0.1, 0.15) is 5.54 Å². The maximum absolute atomic E-state index is 11.9. The highest BCUT2D eigenvalue weighted by molar-refractivity contribution is 5.87. The van der Waals surface area contributed by atoms with Crippen LogP contribution in [0.3, 0.4) is 0 Å². The third-order valence-corrected chi connectivity index (χ3v) is 4.11. The van der Waals surface area contributed by atoms with Crippen molar-refractivity contribution in [3.63, 3.8) is 0 Å².